The van der Waals surface area contributed by atoms with Crippen molar-refractivity contribution in [2.75, 3.05) is 11.9 Å². The Labute approximate surface area is 185 Å². The van der Waals surface area contributed by atoms with Crippen LogP contribution in [-0.2, 0) is 9.59 Å². The third kappa shape index (κ3) is 4.13. The zero-order chi connectivity index (χ0) is 22.7. The van der Waals surface area contributed by atoms with Gasteiger partial charge in [0.25, 0.3) is 17.7 Å². The van der Waals surface area contributed by atoms with Crippen molar-refractivity contribution in [3.05, 3.63) is 101 Å². The van der Waals surface area contributed by atoms with Gasteiger partial charge < -0.3 is 10.6 Å². The maximum Gasteiger partial charge on any atom is 0.262 e. The van der Waals surface area contributed by atoms with Crippen LogP contribution in [0.15, 0.2) is 78.9 Å². The molecule has 1 heterocycles. The minimum Gasteiger partial charge on any atom is -0.339 e. The van der Waals surface area contributed by atoms with Gasteiger partial charge >= 0.3 is 0 Å². The number of para-hydroxylation sites is 1. The molecule has 4 amide bonds. The topological polar surface area (TPSA) is 95.6 Å². The van der Waals surface area contributed by atoms with E-state index >= 15 is 0 Å². The Bertz CT molecular complexity index is 1170. The maximum atomic E-state index is 13.1. The van der Waals surface area contributed by atoms with E-state index in [0.29, 0.717) is 11.3 Å². The number of rotatable bonds is 6. The highest BCUT2D eigenvalue weighted by atomic mass is 16.2. The van der Waals surface area contributed by atoms with Gasteiger partial charge in [0, 0.05) is 5.69 Å². The molecule has 0 aliphatic carbocycles. The summed E-state index contributed by atoms with van der Waals surface area (Å²) in [4.78, 5) is 51.9. The molecule has 160 valence electrons. The number of carbonyl (C=O) groups is 4. The normalized spacial score (nSPS) is 13.5. The number of fused-ring (bicyclic) bond motifs is 1. The second kappa shape index (κ2) is 8.85. The fourth-order valence-corrected chi connectivity index (χ4v) is 3.60. The molecule has 1 aliphatic heterocycles. The Morgan fingerprint density at radius 2 is 1.38 bits per heavy atom. The predicted octanol–water partition coefficient (Wildman–Crippen LogP) is 3.09. The Balaban J connectivity index is 1.52. The number of imide groups is 1. The average Bonchev–Trinajstić information content (AvgIpc) is 3.04. The third-order valence-electron chi connectivity index (χ3n) is 5.28. The molecular formula is C25H21N3O4. The lowest BCUT2D eigenvalue weighted by Crippen LogP contribution is -2.44. The molecular weight excluding hydrogens is 406 g/mol. The number of anilines is 1. The van der Waals surface area contributed by atoms with E-state index in [1.807, 2.05) is 19.1 Å². The van der Waals surface area contributed by atoms with Crippen LogP contribution < -0.4 is 10.6 Å². The summed E-state index contributed by atoms with van der Waals surface area (Å²) in [5.74, 6) is -2.10. The first-order valence-corrected chi connectivity index (χ1v) is 10.1. The van der Waals surface area contributed by atoms with Gasteiger partial charge in [0.05, 0.1) is 11.1 Å². The van der Waals surface area contributed by atoms with Crippen LogP contribution >= 0.6 is 0 Å². The van der Waals surface area contributed by atoms with E-state index in [9.17, 15) is 19.2 Å². The number of benzene rings is 3. The maximum absolute atomic E-state index is 13.1. The first-order valence-electron chi connectivity index (χ1n) is 10.1. The summed E-state index contributed by atoms with van der Waals surface area (Å²) >= 11 is 0. The molecule has 32 heavy (non-hydrogen) atoms. The van der Waals surface area contributed by atoms with Crippen molar-refractivity contribution in [3.8, 4) is 0 Å². The molecule has 0 saturated heterocycles. The van der Waals surface area contributed by atoms with Crippen molar-refractivity contribution in [2.45, 2.75) is 13.0 Å². The van der Waals surface area contributed by atoms with E-state index < -0.39 is 36.2 Å². The van der Waals surface area contributed by atoms with Gasteiger partial charge in [-0.25, -0.2) is 0 Å². The molecule has 0 bridgehead atoms. The van der Waals surface area contributed by atoms with E-state index in [1.54, 1.807) is 66.7 Å². The van der Waals surface area contributed by atoms with Gasteiger partial charge in [0.1, 0.15) is 12.6 Å². The molecule has 0 unspecified atom stereocenters. The SMILES string of the molecule is Cc1ccccc1NC(=O)[C@@H](NC(=O)CN1C(=O)c2ccccc2C1=O)c1ccccc1. The molecule has 0 spiro atoms. The van der Waals surface area contributed by atoms with E-state index in [4.69, 9.17) is 0 Å². The summed E-state index contributed by atoms with van der Waals surface area (Å²) in [7, 11) is 0. The van der Waals surface area contributed by atoms with Gasteiger partial charge in [-0.1, -0.05) is 60.7 Å². The summed E-state index contributed by atoms with van der Waals surface area (Å²) in [5.41, 5.74) is 2.62. The first-order chi connectivity index (χ1) is 15.5. The largest absolute Gasteiger partial charge is 0.339 e. The van der Waals surface area contributed by atoms with Gasteiger partial charge in [0.2, 0.25) is 5.91 Å². The van der Waals surface area contributed by atoms with Crippen LogP contribution in [0.4, 0.5) is 5.69 Å². The van der Waals surface area contributed by atoms with E-state index in [2.05, 4.69) is 10.6 Å². The van der Waals surface area contributed by atoms with Crippen molar-refractivity contribution in [1.82, 2.24) is 10.2 Å². The van der Waals surface area contributed by atoms with Crippen molar-refractivity contribution in [1.29, 1.82) is 0 Å². The van der Waals surface area contributed by atoms with Gasteiger partial charge in [-0.15, -0.1) is 0 Å². The number of nitrogens with zero attached hydrogens (tertiary/aromatic N) is 1. The van der Waals surface area contributed by atoms with Gasteiger partial charge in [0.15, 0.2) is 0 Å². The van der Waals surface area contributed by atoms with Gasteiger partial charge in [-0.3, -0.25) is 24.1 Å². The fraction of sp³-hybridized carbons (Fsp3) is 0.120. The highest BCUT2D eigenvalue weighted by Crippen LogP contribution is 2.23. The number of carbonyl (C=O) groups excluding carboxylic acids is 4. The molecule has 0 aromatic heterocycles. The summed E-state index contributed by atoms with van der Waals surface area (Å²) in [5, 5.41) is 5.51. The smallest absolute Gasteiger partial charge is 0.262 e. The number of nitrogens with one attached hydrogen (secondary N) is 2. The molecule has 0 radical (unpaired) electrons. The number of aryl methyl sites for hydroxylation is 1. The average molecular weight is 427 g/mol. The quantitative estimate of drug-likeness (QED) is 0.591. The molecule has 2 N–H and O–H groups in total. The molecule has 0 fully saturated rings. The molecule has 1 atom stereocenters. The van der Waals surface area contributed by atoms with Crippen LogP contribution in [0.25, 0.3) is 0 Å². The second-order valence-electron chi connectivity index (χ2n) is 7.46. The Morgan fingerprint density at radius 1 is 0.812 bits per heavy atom. The lowest BCUT2D eigenvalue weighted by Gasteiger charge is -2.21. The van der Waals surface area contributed by atoms with Crippen molar-refractivity contribution >= 4 is 29.3 Å². The molecule has 7 heteroatoms. The Hall–Kier alpha value is -4.26. The lowest BCUT2D eigenvalue weighted by atomic mass is 10.1. The number of hydrogen-bond acceptors (Lipinski definition) is 4. The standard InChI is InChI=1S/C25H21N3O4/c1-16-9-5-8-14-20(16)26-23(30)22(17-10-3-2-4-11-17)27-21(29)15-28-24(31)18-12-6-7-13-19(18)25(28)32/h2-14,22H,15H2,1H3,(H,26,30)(H,27,29)/t22-/m0/s1. The predicted molar refractivity (Wildman–Crippen MR) is 119 cm³/mol. The third-order valence-corrected chi connectivity index (χ3v) is 5.28. The van der Waals surface area contributed by atoms with Crippen LogP contribution in [0, 0.1) is 6.92 Å². The Kier molecular flexibility index (Phi) is 5.81. The van der Waals surface area contributed by atoms with E-state index in [0.717, 1.165) is 10.5 Å². The van der Waals surface area contributed by atoms with Crippen molar-refractivity contribution in [2.24, 2.45) is 0 Å². The molecule has 1 aliphatic rings. The zero-order valence-corrected chi connectivity index (χ0v) is 17.4. The van der Waals surface area contributed by atoms with Crippen molar-refractivity contribution < 1.29 is 19.2 Å². The Morgan fingerprint density at radius 3 is 2.00 bits per heavy atom. The highest BCUT2D eigenvalue weighted by Gasteiger charge is 2.37. The van der Waals surface area contributed by atoms with Crippen LogP contribution in [0.2, 0.25) is 0 Å². The van der Waals surface area contributed by atoms with E-state index in [-0.39, 0.29) is 11.1 Å². The number of amides is 4. The summed E-state index contributed by atoms with van der Waals surface area (Å²) in [6.45, 7) is 1.39. The minimum absolute atomic E-state index is 0.266. The summed E-state index contributed by atoms with van der Waals surface area (Å²) in [6, 6.07) is 21.5. The fourth-order valence-electron chi connectivity index (χ4n) is 3.60. The van der Waals surface area contributed by atoms with Gasteiger partial charge in [-0.05, 0) is 36.2 Å². The summed E-state index contributed by atoms with van der Waals surface area (Å²) < 4.78 is 0. The van der Waals surface area contributed by atoms with Crippen LogP contribution in [-0.4, -0.2) is 35.1 Å². The number of hydrogen-bond donors (Lipinski definition) is 2. The van der Waals surface area contributed by atoms with E-state index in [1.165, 1.54) is 0 Å². The second-order valence-corrected chi connectivity index (χ2v) is 7.46. The highest BCUT2D eigenvalue weighted by molar-refractivity contribution is 6.22. The molecule has 3 aromatic carbocycles. The van der Waals surface area contributed by atoms with Crippen LogP contribution in [0.3, 0.4) is 0 Å². The van der Waals surface area contributed by atoms with Crippen LogP contribution in [0.1, 0.15) is 37.9 Å². The first kappa shape index (κ1) is 21.0. The zero-order valence-electron chi connectivity index (χ0n) is 17.4. The minimum atomic E-state index is -1.00. The van der Waals surface area contributed by atoms with Crippen molar-refractivity contribution in [3.63, 3.8) is 0 Å². The summed E-state index contributed by atoms with van der Waals surface area (Å²) in [6.07, 6.45) is 0. The monoisotopic (exact) mass is 427 g/mol. The molecule has 3 aromatic rings. The molecule has 4 rings (SSSR count). The molecule has 0 saturated carbocycles. The van der Waals surface area contributed by atoms with Gasteiger partial charge in [-0.2, -0.15) is 0 Å². The lowest BCUT2D eigenvalue weighted by molar-refractivity contribution is -0.126. The van der Waals surface area contributed by atoms with Crippen LogP contribution in [0.5, 0.6) is 0 Å². The molecule has 7 nitrogen and oxygen atoms in total.